The first-order valence-electron chi connectivity index (χ1n) is 4.65. The van der Waals surface area contributed by atoms with Crippen LogP contribution < -0.4 is 10.6 Å². The molecule has 0 radical (unpaired) electrons. The Labute approximate surface area is 96.5 Å². The summed E-state index contributed by atoms with van der Waals surface area (Å²) in [4.78, 5) is 11.5. The molecule has 2 amide bonds. The third-order valence-corrected chi connectivity index (χ3v) is 2.70. The maximum Gasteiger partial charge on any atom is 0.324 e. The van der Waals surface area contributed by atoms with Crippen LogP contribution in [0.25, 0.3) is 0 Å². The maximum atomic E-state index is 11.5. The van der Waals surface area contributed by atoms with Crippen LogP contribution in [-0.4, -0.2) is 11.1 Å². The van der Waals surface area contributed by atoms with Gasteiger partial charge in [0.05, 0.1) is 10.7 Å². The summed E-state index contributed by atoms with van der Waals surface area (Å²) in [6, 6.07) is 9.85. The zero-order chi connectivity index (χ0) is 11.4. The highest BCUT2D eigenvalue weighted by Crippen LogP contribution is 2.22. The van der Waals surface area contributed by atoms with E-state index >= 15 is 0 Å². The van der Waals surface area contributed by atoms with E-state index in [0.717, 1.165) is 5.00 Å². The summed E-state index contributed by atoms with van der Waals surface area (Å²) in [5, 5.41) is 17.3. The lowest BCUT2D eigenvalue weighted by atomic mass is 10.3. The van der Waals surface area contributed by atoms with E-state index in [9.17, 15) is 9.90 Å². The van der Waals surface area contributed by atoms with Crippen LogP contribution in [0.15, 0.2) is 41.8 Å². The van der Waals surface area contributed by atoms with E-state index in [0.29, 0.717) is 5.69 Å². The van der Waals surface area contributed by atoms with Gasteiger partial charge < -0.3 is 10.4 Å². The van der Waals surface area contributed by atoms with Gasteiger partial charge in [-0.25, -0.2) is 4.79 Å². The van der Waals surface area contributed by atoms with Gasteiger partial charge in [-0.3, -0.25) is 5.32 Å². The maximum absolute atomic E-state index is 11.5. The Morgan fingerprint density at radius 1 is 1.12 bits per heavy atom. The van der Waals surface area contributed by atoms with E-state index in [1.165, 1.54) is 17.4 Å². The second-order valence-electron chi connectivity index (χ2n) is 3.07. The van der Waals surface area contributed by atoms with E-state index in [1.54, 1.807) is 24.3 Å². The van der Waals surface area contributed by atoms with E-state index in [-0.39, 0.29) is 11.8 Å². The number of anilines is 2. The van der Waals surface area contributed by atoms with Gasteiger partial charge in [-0.2, -0.15) is 0 Å². The standard InChI is InChI=1S/C11H10N2O2S/c14-9-5-2-1-4-8(9)12-11(15)13-10-6-3-7-16-10/h1-7,14H,(H2,12,13,15). The van der Waals surface area contributed by atoms with E-state index < -0.39 is 0 Å². The number of carbonyl (C=O) groups excluding carboxylic acids is 1. The van der Waals surface area contributed by atoms with Gasteiger partial charge >= 0.3 is 6.03 Å². The molecule has 0 spiro atoms. The highest BCUT2D eigenvalue weighted by Gasteiger charge is 2.05. The molecular weight excluding hydrogens is 224 g/mol. The van der Waals surface area contributed by atoms with Gasteiger partial charge in [-0.1, -0.05) is 12.1 Å². The molecule has 1 heterocycles. The number of rotatable bonds is 2. The van der Waals surface area contributed by atoms with Crippen LogP contribution >= 0.6 is 11.3 Å². The molecule has 0 atom stereocenters. The van der Waals surface area contributed by atoms with Crippen LogP contribution in [-0.2, 0) is 0 Å². The summed E-state index contributed by atoms with van der Waals surface area (Å²) < 4.78 is 0. The molecule has 0 aliphatic rings. The molecule has 0 bridgehead atoms. The number of hydrogen-bond donors (Lipinski definition) is 3. The number of aromatic hydroxyl groups is 1. The molecule has 5 heteroatoms. The number of nitrogens with one attached hydrogen (secondary N) is 2. The Morgan fingerprint density at radius 2 is 1.94 bits per heavy atom. The quantitative estimate of drug-likeness (QED) is 0.699. The molecule has 1 aromatic heterocycles. The average Bonchev–Trinajstić information content (AvgIpc) is 2.74. The van der Waals surface area contributed by atoms with E-state index in [1.807, 2.05) is 11.4 Å². The van der Waals surface area contributed by atoms with Crippen LogP contribution in [0.3, 0.4) is 0 Å². The van der Waals surface area contributed by atoms with Crippen molar-refractivity contribution in [3.8, 4) is 5.75 Å². The average molecular weight is 234 g/mol. The minimum Gasteiger partial charge on any atom is -0.506 e. The highest BCUT2D eigenvalue weighted by atomic mass is 32.1. The number of phenolic OH excluding ortho intramolecular Hbond substituents is 1. The number of carbonyl (C=O) groups is 1. The minimum absolute atomic E-state index is 0.0452. The number of hydrogen-bond acceptors (Lipinski definition) is 3. The second kappa shape index (κ2) is 4.67. The molecule has 2 rings (SSSR count). The zero-order valence-electron chi connectivity index (χ0n) is 8.31. The summed E-state index contributed by atoms with van der Waals surface area (Å²) >= 11 is 1.43. The molecule has 16 heavy (non-hydrogen) atoms. The topological polar surface area (TPSA) is 61.4 Å². The van der Waals surface area contributed by atoms with Crippen LogP contribution in [0.2, 0.25) is 0 Å². The van der Waals surface area contributed by atoms with Crippen LogP contribution in [0.4, 0.5) is 15.5 Å². The third kappa shape index (κ3) is 2.52. The summed E-state index contributed by atoms with van der Waals surface area (Å²) in [5.41, 5.74) is 0.386. The first-order valence-corrected chi connectivity index (χ1v) is 5.53. The Balaban J connectivity index is 2.00. The molecule has 4 nitrogen and oxygen atoms in total. The predicted molar refractivity (Wildman–Crippen MR) is 65.1 cm³/mol. The van der Waals surface area contributed by atoms with Crippen molar-refractivity contribution in [3.05, 3.63) is 41.8 Å². The molecule has 3 N–H and O–H groups in total. The molecular formula is C11H10N2O2S. The van der Waals surface area contributed by atoms with Crippen LogP contribution in [0.1, 0.15) is 0 Å². The van der Waals surface area contributed by atoms with Crippen molar-refractivity contribution in [2.45, 2.75) is 0 Å². The molecule has 0 aliphatic carbocycles. The largest absolute Gasteiger partial charge is 0.506 e. The SMILES string of the molecule is O=C(Nc1cccs1)Nc1ccccc1O. The molecule has 2 aromatic rings. The first-order chi connectivity index (χ1) is 7.75. The van der Waals surface area contributed by atoms with Crippen molar-refractivity contribution in [2.24, 2.45) is 0 Å². The Bertz CT molecular complexity index is 482. The fourth-order valence-corrected chi connectivity index (χ4v) is 1.81. The van der Waals surface area contributed by atoms with Gasteiger partial charge in [0.1, 0.15) is 5.75 Å². The lowest BCUT2D eigenvalue weighted by Gasteiger charge is -2.07. The third-order valence-electron chi connectivity index (χ3n) is 1.91. The van der Waals surface area contributed by atoms with Crippen molar-refractivity contribution in [2.75, 3.05) is 10.6 Å². The molecule has 1 aromatic carbocycles. The molecule has 0 saturated heterocycles. The number of para-hydroxylation sites is 2. The summed E-state index contributed by atoms with van der Waals surface area (Å²) in [5.74, 6) is 0.0452. The lowest BCUT2D eigenvalue weighted by Crippen LogP contribution is -2.18. The predicted octanol–water partition coefficient (Wildman–Crippen LogP) is 3.10. The van der Waals surface area contributed by atoms with Crippen molar-refractivity contribution >= 4 is 28.1 Å². The smallest absolute Gasteiger partial charge is 0.324 e. The van der Waals surface area contributed by atoms with Crippen molar-refractivity contribution in [1.82, 2.24) is 0 Å². The fourth-order valence-electron chi connectivity index (χ4n) is 1.19. The monoisotopic (exact) mass is 234 g/mol. The van der Waals surface area contributed by atoms with Gasteiger partial charge in [-0.15, -0.1) is 11.3 Å². The minimum atomic E-state index is -0.371. The molecule has 0 aliphatic heterocycles. The fraction of sp³-hybridized carbons (Fsp3) is 0. The van der Waals surface area contributed by atoms with Crippen molar-refractivity contribution in [3.63, 3.8) is 0 Å². The van der Waals surface area contributed by atoms with Crippen LogP contribution in [0, 0.1) is 0 Å². The number of amides is 2. The summed E-state index contributed by atoms with van der Waals surface area (Å²) in [6.45, 7) is 0. The normalized spacial score (nSPS) is 9.75. The van der Waals surface area contributed by atoms with Gasteiger partial charge in [0, 0.05) is 0 Å². The second-order valence-corrected chi connectivity index (χ2v) is 4.02. The van der Waals surface area contributed by atoms with Crippen LogP contribution in [0.5, 0.6) is 5.75 Å². The lowest BCUT2D eigenvalue weighted by molar-refractivity contribution is 0.262. The first kappa shape index (κ1) is 10.5. The van der Waals surface area contributed by atoms with Gasteiger partial charge in [-0.05, 0) is 29.6 Å². The summed E-state index contributed by atoms with van der Waals surface area (Å²) in [6.07, 6.45) is 0. The molecule has 0 saturated carbocycles. The number of benzene rings is 1. The molecule has 0 fully saturated rings. The summed E-state index contributed by atoms with van der Waals surface area (Å²) in [7, 11) is 0. The van der Waals surface area contributed by atoms with Gasteiger partial charge in [0.15, 0.2) is 0 Å². The molecule has 82 valence electrons. The Morgan fingerprint density at radius 3 is 2.62 bits per heavy atom. The number of thiophene rings is 1. The Kier molecular flexibility index (Phi) is 3.07. The van der Waals surface area contributed by atoms with Crippen molar-refractivity contribution in [1.29, 1.82) is 0 Å². The zero-order valence-corrected chi connectivity index (χ0v) is 9.12. The molecule has 0 unspecified atom stereocenters. The van der Waals surface area contributed by atoms with Crippen molar-refractivity contribution < 1.29 is 9.90 Å². The Hall–Kier alpha value is -2.01. The number of urea groups is 1. The van der Waals surface area contributed by atoms with E-state index in [2.05, 4.69) is 10.6 Å². The highest BCUT2D eigenvalue weighted by molar-refractivity contribution is 7.14. The van der Waals surface area contributed by atoms with E-state index in [4.69, 9.17) is 0 Å². The number of phenols is 1. The van der Waals surface area contributed by atoms with Gasteiger partial charge in [0.2, 0.25) is 0 Å². The van der Waals surface area contributed by atoms with Gasteiger partial charge in [0.25, 0.3) is 0 Å².